The molecule has 1 fully saturated rings. The van der Waals surface area contributed by atoms with Gasteiger partial charge in [-0.1, -0.05) is 12.0 Å². The van der Waals surface area contributed by atoms with Gasteiger partial charge in [0.1, 0.15) is 0 Å². The third-order valence-corrected chi connectivity index (χ3v) is 4.54. The van der Waals surface area contributed by atoms with Gasteiger partial charge in [-0.15, -0.1) is 0 Å². The second-order valence-corrected chi connectivity index (χ2v) is 6.33. The first kappa shape index (κ1) is 17.3. The van der Waals surface area contributed by atoms with Crippen LogP contribution >= 0.6 is 0 Å². The Hall–Kier alpha value is -2.52. The number of hydrogen-bond donors (Lipinski definition) is 3. The van der Waals surface area contributed by atoms with Gasteiger partial charge in [-0.05, 0) is 62.9 Å². The second kappa shape index (κ2) is 8.04. The molecule has 0 aliphatic carbocycles. The largest absolute Gasteiger partial charge is 0.338 e. The highest BCUT2D eigenvalue weighted by Gasteiger charge is 2.24. The number of amides is 3. The van der Waals surface area contributed by atoms with Crippen LogP contribution in [0.5, 0.6) is 0 Å². The molecular weight excluding hydrogens is 316 g/mol. The Balaban J connectivity index is 1.66. The van der Waals surface area contributed by atoms with Crippen molar-refractivity contribution in [2.45, 2.75) is 26.2 Å². The smallest absolute Gasteiger partial charge is 0.321 e. The molecule has 1 aromatic rings. The fourth-order valence-corrected chi connectivity index (χ4v) is 3.21. The van der Waals surface area contributed by atoms with Gasteiger partial charge in [0.15, 0.2) is 0 Å². The highest BCUT2D eigenvalue weighted by Crippen LogP contribution is 2.30. The molecule has 2 aliphatic rings. The van der Waals surface area contributed by atoms with Crippen molar-refractivity contribution in [3.05, 3.63) is 23.8 Å². The zero-order chi connectivity index (χ0) is 17.6. The molecule has 2 aliphatic heterocycles. The fraction of sp³-hybridized carbons (Fsp3) is 0.474. The average Bonchev–Trinajstić information content (AvgIpc) is 3.04. The Morgan fingerprint density at radius 2 is 2.12 bits per heavy atom. The van der Waals surface area contributed by atoms with E-state index in [2.05, 4.69) is 27.8 Å². The molecule has 0 bridgehead atoms. The first-order valence-electron chi connectivity index (χ1n) is 8.89. The van der Waals surface area contributed by atoms with Gasteiger partial charge in [-0.2, -0.15) is 0 Å². The van der Waals surface area contributed by atoms with E-state index in [0.717, 1.165) is 43.6 Å². The number of hydrogen-bond acceptors (Lipinski definition) is 3. The van der Waals surface area contributed by atoms with Crippen LogP contribution in [0.25, 0.3) is 0 Å². The van der Waals surface area contributed by atoms with Crippen molar-refractivity contribution in [1.29, 1.82) is 0 Å². The SMILES string of the molecule is CCNC(=O)N1CCc2ccc(NC(=O)C#CC3CCNCC3)cc21. The van der Waals surface area contributed by atoms with Gasteiger partial charge in [0.25, 0.3) is 5.91 Å². The minimum atomic E-state index is -0.305. The third-order valence-electron chi connectivity index (χ3n) is 4.54. The lowest BCUT2D eigenvalue weighted by Gasteiger charge is -2.18. The van der Waals surface area contributed by atoms with Crippen LogP contribution in [0.1, 0.15) is 25.3 Å². The Labute approximate surface area is 148 Å². The quantitative estimate of drug-likeness (QED) is 0.718. The van der Waals surface area contributed by atoms with Crippen molar-refractivity contribution in [3.63, 3.8) is 0 Å². The van der Waals surface area contributed by atoms with Gasteiger partial charge in [-0.3, -0.25) is 9.69 Å². The van der Waals surface area contributed by atoms with E-state index in [9.17, 15) is 9.59 Å². The minimum absolute atomic E-state index is 0.101. The van der Waals surface area contributed by atoms with E-state index < -0.39 is 0 Å². The average molecular weight is 340 g/mol. The molecular formula is C19H24N4O2. The molecule has 6 heteroatoms. The molecule has 1 aromatic carbocycles. The summed E-state index contributed by atoms with van der Waals surface area (Å²) in [7, 11) is 0. The molecule has 0 spiro atoms. The van der Waals surface area contributed by atoms with E-state index in [1.165, 1.54) is 0 Å². The van der Waals surface area contributed by atoms with Gasteiger partial charge in [-0.25, -0.2) is 4.79 Å². The van der Waals surface area contributed by atoms with Crippen LogP contribution < -0.4 is 20.9 Å². The summed E-state index contributed by atoms with van der Waals surface area (Å²) < 4.78 is 0. The number of rotatable bonds is 2. The number of carbonyl (C=O) groups is 2. The number of piperidine rings is 1. The standard InChI is InChI=1S/C19H24N4O2/c1-2-21-19(25)23-12-9-15-4-5-16(13-17(15)23)22-18(24)6-3-14-7-10-20-11-8-14/h4-5,13-14,20H,2,7-12H2,1H3,(H,21,25)(H,22,24). The molecule has 3 rings (SSSR count). The molecule has 3 amide bonds. The number of benzene rings is 1. The van der Waals surface area contributed by atoms with Crippen molar-refractivity contribution in [2.24, 2.45) is 5.92 Å². The number of anilines is 2. The number of carbonyl (C=O) groups excluding carboxylic acids is 2. The second-order valence-electron chi connectivity index (χ2n) is 6.33. The molecule has 0 saturated carbocycles. The monoisotopic (exact) mass is 340 g/mol. The van der Waals surface area contributed by atoms with E-state index in [-0.39, 0.29) is 11.9 Å². The molecule has 0 atom stereocenters. The topological polar surface area (TPSA) is 73.5 Å². The lowest BCUT2D eigenvalue weighted by molar-refractivity contribution is -0.111. The maximum atomic E-state index is 12.1. The van der Waals surface area contributed by atoms with Crippen LogP contribution in [0.15, 0.2) is 18.2 Å². The lowest BCUT2D eigenvalue weighted by Crippen LogP contribution is -2.38. The third kappa shape index (κ3) is 4.31. The van der Waals surface area contributed by atoms with Crippen molar-refractivity contribution in [2.75, 3.05) is 36.4 Å². The van der Waals surface area contributed by atoms with Crippen LogP contribution in [0.4, 0.5) is 16.2 Å². The summed E-state index contributed by atoms with van der Waals surface area (Å²) in [6.45, 7) is 5.07. The van der Waals surface area contributed by atoms with Crippen LogP contribution in [0, 0.1) is 17.8 Å². The number of urea groups is 1. The van der Waals surface area contributed by atoms with Gasteiger partial charge < -0.3 is 16.0 Å². The first-order chi connectivity index (χ1) is 12.2. The maximum absolute atomic E-state index is 12.1. The van der Waals surface area contributed by atoms with Gasteiger partial charge in [0.2, 0.25) is 0 Å². The number of nitrogens with zero attached hydrogens (tertiary/aromatic N) is 1. The highest BCUT2D eigenvalue weighted by molar-refractivity contribution is 6.04. The molecule has 2 heterocycles. The van der Waals surface area contributed by atoms with Crippen LogP contribution in [0.3, 0.4) is 0 Å². The van der Waals surface area contributed by atoms with E-state index in [1.807, 2.05) is 25.1 Å². The van der Waals surface area contributed by atoms with Crippen molar-refractivity contribution in [3.8, 4) is 11.8 Å². The molecule has 132 valence electrons. The molecule has 6 nitrogen and oxygen atoms in total. The van der Waals surface area contributed by atoms with Crippen molar-refractivity contribution >= 4 is 23.3 Å². The van der Waals surface area contributed by atoms with Crippen LogP contribution in [-0.4, -0.2) is 38.1 Å². The van der Waals surface area contributed by atoms with Gasteiger partial charge in [0, 0.05) is 24.7 Å². The zero-order valence-electron chi connectivity index (χ0n) is 14.5. The zero-order valence-corrected chi connectivity index (χ0v) is 14.5. The predicted octanol–water partition coefficient (Wildman–Crippen LogP) is 1.72. The molecule has 3 N–H and O–H groups in total. The number of fused-ring (bicyclic) bond motifs is 1. The number of nitrogens with one attached hydrogen (secondary N) is 3. The Morgan fingerprint density at radius 3 is 2.88 bits per heavy atom. The van der Waals surface area contributed by atoms with Crippen molar-refractivity contribution < 1.29 is 9.59 Å². The summed E-state index contributed by atoms with van der Waals surface area (Å²) in [4.78, 5) is 25.9. The molecule has 0 radical (unpaired) electrons. The Morgan fingerprint density at radius 1 is 1.32 bits per heavy atom. The van der Waals surface area contributed by atoms with Gasteiger partial charge >= 0.3 is 6.03 Å². The summed E-state index contributed by atoms with van der Waals surface area (Å²) in [6, 6.07) is 5.58. The van der Waals surface area contributed by atoms with Crippen molar-refractivity contribution in [1.82, 2.24) is 10.6 Å². The summed E-state index contributed by atoms with van der Waals surface area (Å²) in [6.07, 6.45) is 2.80. The van der Waals surface area contributed by atoms with Crippen LogP contribution in [-0.2, 0) is 11.2 Å². The molecule has 25 heavy (non-hydrogen) atoms. The molecule has 0 aromatic heterocycles. The van der Waals surface area contributed by atoms with Crippen LogP contribution in [0.2, 0.25) is 0 Å². The lowest BCUT2D eigenvalue weighted by atomic mass is 9.99. The molecule has 0 unspecified atom stereocenters. The minimum Gasteiger partial charge on any atom is -0.338 e. The Bertz CT molecular complexity index is 714. The summed E-state index contributed by atoms with van der Waals surface area (Å²) in [5.74, 6) is 5.75. The summed E-state index contributed by atoms with van der Waals surface area (Å²) >= 11 is 0. The summed E-state index contributed by atoms with van der Waals surface area (Å²) in [5, 5.41) is 8.92. The van der Waals surface area contributed by atoms with E-state index in [1.54, 1.807) is 4.90 Å². The summed E-state index contributed by atoms with van der Waals surface area (Å²) in [5.41, 5.74) is 2.64. The predicted molar refractivity (Wildman–Crippen MR) is 98.6 cm³/mol. The Kier molecular flexibility index (Phi) is 5.56. The van der Waals surface area contributed by atoms with E-state index in [4.69, 9.17) is 0 Å². The van der Waals surface area contributed by atoms with E-state index in [0.29, 0.717) is 24.7 Å². The highest BCUT2D eigenvalue weighted by atomic mass is 16.2. The normalized spacial score (nSPS) is 16.6. The fourth-order valence-electron chi connectivity index (χ4n) is 3.21. The maximum Gasteiger partial charge on any atom is 0.321 e. The first-order valence-corrected chi connectivity index (χ1v) is 8.89. The van der Waals surface area contributed by atoms with E-state index >= 15 is 0 Å². The van der Waals surface area contributed by atoms with Gasteiger partial charge in [0.05, 0.1) is 5.69 Å². The molecule has 1 saturated heterocycles.